The van der Waals surface area contributed by atoms with Crippen LogP contribution < -0.4 is 20.5 Å². The lowest BCUT2D eigenvalue weighted by Crippen LogP contribution is -2.41. The Hall–Kier alpha value is -1.98. The van der Waals surface area contributed by atoms with Crippen molar-refractivity contribution in [3.8, 4) is 11.5 Å². The average Bonchev–Trinajstić information content (AvgIpc) is 3.11. The third-order valence-corrected chi connectivity index (χ3v) is 6.36. The van der Waals surface area contributed by atoms with Crippen molar-refractivity contribution in [3.63, 3.8) is 0 Å². The summed E-state index contributed by atoms with van der Waals surface area (Å²) in [6.45, 7) is 0.755. The van der Waals surface area contributed by atoms with Crippen LogP contribution in [0.1, 0.15) is 0 Å². The smallest absolute Gasteiger partial charge is 0.230 e. The Morgan fingerprint density at radius 1 is 1.19 bits per heavy atom. The zero-order valence-electron chi connectivity index (χ0n) is 13.5. The van der Waals surface area contributed by atoms with E-state index in [1.54, 1.807) is 0 Å². The van der Waals surface area contributed by atoms with E-state index in [1.807, 2.05) is 24.3 Å². The molecule has 3 rings (SSSR count). The van der Waals surface area contributed by atoms with Gasteiger partial charge < -0.3 is 20.5 Å². The number of para-hydroxylation sites is 2. The summed E-state index contributed by atoms with van der Waals surface area (Å²) in [5, 5.41) is 10.7. The third-order valence-electron chi connectivity index (χ3n) is 3.15. The van der Waals surface area contributed by atoms with Crippen molar-refractivity contribution in [3.05, 3.63) is 24.3 Å². The van der Waals surface area contributed by atoms with Gasteiger partial charge in [-0.25, -0.2) is 0 Å². The molecule has 0 aliphatic carbocycles. The van der Waals surface area contributed by atoms with E-state index in [2.05, 4.69) is 15.5 Å². The lowest BCUT2D eigenvalue weighted by atomic mass is 10.2. The quantitative estimate of drug-likeness (QED) is 0.621. The molecule has 1 atom stereocenters. The van der Waals surface area contributed by atoms with E-state index in [-0.39, 0.29) is 23.5 Å². The van der Waals surface area contributed by atoms with Crippen molar-refractivity contribution in [2.24, 2.45) is 5.73 Å². The summed E-state index contributed by atoms with van der Waals surface area (Å²) in [7, 11) is 0. The Morgan fingerprint density at radius 2 is 1.88 bits per heavy atom. The zero-order valence-corrected chi connectivity index (χ0v) is 16.0. The van der Waals surface area contributed by atoms with Crippen molar-refractivity contribution < 1.29 is 19.1 Å². The molecule has 0 spiro atoms. The maximum absolute atomic E-state index is 12.0. The molecule has 0 radical (unpaired) electrons. The number of nitrogens with two attached hydrogens (primary N) is 1. The summed E-state index contributed by atoms with van der Waals surface area (Å²) >= 11 is 3.85. The minimum atomic E-state index is -0.407. The lowest BCUT2D eigenvalue weighted by Gasteiger charge is -2.26. The van der Waals surface area contributed by atoms with Gasteiger partial charge >= 0.3 is 0 Å². The fourth-order valence-corrected chi connectivity index (χ4v) is 4.61. The number of primary amides is 1. The van der Waals surface area contributed by atoms with Crippen molar-refractivity contribution >= 4 is 46.7 Å². The summed E-state index contributed by atoms with van der Waals surface area (Å²) < 4.78 is 12.7. The van der Waals surface area contributed by atoms with Crippen LogP contribution in [0.25, 0.3) is 0 Å². The molecule has 0 saturated heterocycles. The van der Waals surface area contributed by atoms with E-state index in [0.717, 1.165) is 0 Å². The number of aromatic nitrogens is 2. The van der Waals surface area contributed by atoms with Crippen LogP contribution in [0.4, 0.5) is 0 Å². The summed E-state index contributed by atoms with van der Waals surface area (Å²) in [4.78, 5) is 22.7. The Bertz CT molecular complexity index is 786. The van der Waals surface area contributed by atoms with Crippen LogP contribution in [0, 0.1) is 0 Å². The van der Waals surface area contributed by atoms with Gasteiger partial charge in [0.2, 0.25) is 11.8 Å². The molecule has 1 aromatic carbocycles. The van der Waals surface area contributed by atoms with Crippen molar-refractivity contribution in [1.29, 1.82) is 0 Å². The van der Waals surface area contributed by atoms with Gasteiger partial charge in [0.25, 0.3) is 0 Å². The van der Waals surface area contributed by atoms with Crippen LogP contribution >= 0.6 is 34.9 Å². The first-order chi connectivity index (χ1) is 12.6. The van der Waals surface area contributed by atoms with Crippen LogP contribution in [0.15, 0.2) is 32.9 Å². The highest BCUT2D eigenvalue weighted by Gasteiger charge is 2.21. The number of nitrogens with zero attached hydrogens (tertiary/aromatic N) is 2. The molecule has 0 saturated carbocycles. The fourth-order valence-electron chi connectivity index (χ4n) is 2.02. The van der Waals surface area contributed by atoms with Crippen LogP contribution in [0.3, 0.4) is 0 Å². The average molecular weight is 413 g/mol. The molecule has 2 heterocycles. The Kier molecular flexibility index (Phi) is 6.58. The molecule has 0 bridgehead atoms. The number of fused-ring (bicyclic) bond motifs is 1. The van der Waals surface area contributed by atoms with Crippen molar-refractivity contribution in [2.45, 2.75) is 14.8 Å². The number of amides is 2. The highest BCUT2D eigenvalue weighted by atomic mass is 32.2. The summed E-state index contributed by atoms with van der Waals surface area (Å²) in [6, 6.07) is 7.44. The van der Waals surface area contributed by atoms with Gasteiger partial charge in [0.15, 0.2) is 20.2 Å². The van der Waals surface area contributed by atoms with Crippen LogP contribution in [0.5, 0.6) is 11.5 Å². The molecule has 1 aliphatic heterocycles. The second kappa shape index (κ2) is 9.10. The molecule has 2 aromatic rings. The molecule has 138 valence electrons. The summed E-state index contributed by atoms with van der Waals surface area (Å²) in [5.74, 6) is 1.24. The SMILES string of the molecule is NC(=O)CSc1nnc(SCC(=O)NC[C@H]2COc3ccccc3O2)s1. The third kappa shape index (κ3) is 5.51. The van der Waals surface area contributed by atoms with E-state index >= 15 is 0 Å². The van der Waals surface area contributed by atoms with Gasteiger partial charge in [-0.3, -0.25) is 9.59 Å². The van der Waals surface area contributed by atoms with E-state index in [4.69, 9.17) is 15.2 Å². The van der Waals surface area contributed by atoms with Gasteiger partial charge in [-0.1, -0.05) is 47.0 Å². The van der Waals surface area contributed by atoms with Crippen LogP contribution in [0.2, 0.25) is 0 Å². The van der Waals surface area contributed by atoms with E-state index < -0.39 is 5.91 Å². The Balaban J connectivity index is 1.38. The maximum Gasteiger partial charge on any atom is 0.230 e. The number of ether oxygens (including phenoxy) is 2. The second-order valence-corrected chi connectivity index (χ2v) is 8.60. The standard InChI is InChI=1S/C15H16N4O4S3/c16-12(20)7-24-14-18-19-15(26-14)25-8-13(21)17-5-9-6-22-10-3-1-2-4-11(10)23-9/h1-4,9H,5-8H2,(H2,16,20)(H,17,21)/t9-/m0/s1. The van der Waals surface area contributed by atoms with Gasteiger partial charge in [-0.05, 0) is 12.1 Å². The Morgan fingerprint density at radius 3 is 2.62 bits per heavy atom. The molecular formula is C15H16N4O4S3. The number of hydrogen-bond donors (Lipinski definition) is 2. The summed E-state index contributed by atoms with van der Waals surface area (Å²) in [6.07, 6.45) is -0.225. The highest BCUT2D eigenvalue weighted by molar-refractivity contribution is 8.03. The van der Waals surface area contributed by atoms with Gasteiger partial charge in [-0.15, -0.1) is 10.2 Å². The van der Waals surface area contributed by atoms with Gasteiger partial charge in [0.1, 0.15) is 12.7 Å². The molecule has 11 heteroatoms. The van der Waals surface area contributed by atoms with E-state index in [0.29, 0.717) is 33.3 Å². The van der Waals surface area contributed by atoms with E-state index in [9.17, 15) is 9.59 Å². The molecule has 3 N–H and O–H groups in total. The number of hydrogen-bond acceptors (Lipinski definition) is 9. The number of carbonyl (C=O) groups excluding carboxylic acids is 2. The first-order valence-corrected chi connectivity index (χ1v) is 10.4. The first kappa shape index (κ1) is 18.8. The highest BCUT2D eigenvalue weighted by Crippen LogP contribution is 2.31. The monoisotopic (exact) mass is 412 g/mol. The molecule has 2 amide bonds. The molecular weight excluding hydrogens is 396 g/mol. The largest absolute Gasteiger partial charge is 0.486 e. The zero-order chi connectivity index (χ0) is 18.4. The number of nitrogens with one attached hydrogen (secondary N) is 1. The second-order valence-electron chi connectivity index (χ2n) is 5.18. The molecule has 0 fully saturated rings. The number of benzene rings is 1. The van der Waals surface area contributed by atoms with Crippen LogP contribution in [-0.4, -0.2) is 52.8 Å². The van der Waals surface area contributed by atoms with Crippen molar-refractivity contribution in [1.82, 2.24) is 15.5 Å². The normalized spacial score (nSPS) is 15.5. The van der Waals surface area contributed by atoms with Gasteiger partial charge in [0, 0.05) is 0 Å². The molecule has 26 heavy (non-hydrogen) atoms. The number of rotatable bonds is 8. The minimum absolute atomic E-state index is 0.126. The predicted octanol–water partition coefficient (Wildman–Crippen LogP) is 1.16. The number of thioether (sulfide) groups is 2. The Labute approximate surface area is 162 Å². The summed E-state index contributed by atoms with van der Waals surface area (Å²) in [5.41, 5.74) is 5.09. The number of carbonyl (C=O) groups is 2. The van der Waals surface area contributed by atoms with E-state index in [1.165, 1.54) is 34.9 Å². The maximum atomic E-state index is 12.0. The molecule has 1 aliphatic rings. The molecule has 8 nitrogen and oxygen atoms in total. The van der Waals surface area contributed by atoms with Gasteiger partial charge in [-0.2, -0.15) is 0 Å². The topological polar surface area (TPSA) is 116 Å². The van der Waals surface area contributed by atoms with Gasteiger partial charge in [0.05, 0.1) is 18.1 Å². The lowest BCUT2D eigenvalue weighted by molar-refractivity contribution is -0.119. The van der Waals surface area contributed by atoms with Crippen molar-refractivity contribution in [2.75, 3.05) is 24.7 Å². The molecule has 0 unspecified atom stereocenters. The van der Waals surface area contributed by atoms with Crippen LogP contribution in [-0.2, 0) is 9.59 Å². The molecule has 1 aromatic heterocycles. The minimum Gasteiger partial charge on any atom is -0.486 e. The first-order valence-electron chi connectivity index (χ1n) is 7.63. The predicted molar refractivity (Wildman–Crippen MR) is 99.9 cm³/mol. The fraction of sp³-hybridized carbons (Fsp3) is 0.333.